The second-order valence-electron chi connectivity index (χ2n) is 8.65. The summed E-state index contributed by atoms with van der Waals surface area (Å²) in [7, 11) is 0. The van der Waals surface area contributed by atoms with Gasteiger partial charge in [-0.1, -0.05) is 18.2 Å². The fourth-order valence-electron chi connectivity index (χ4n) is 4.60. The number of nitrogens with one attached hydrogen (secondary N) is 1. The summed E-state index contributed by atoms with van der Waals surface area (Å²) >= 11 is 1.82. The van der Waals surface area contributed by atoms with Crippen LogP contribution in [-0.2, 0) is 22.6 Å². The third kappa shape index (κ3) is 3.79. The van der Waals surface area contributed by atoms with Gasteiger partial charge in [0.15, 0.2) is 0 Å². The van der Waals surface area contributed by atoms with Crippen LogP contribution in [0.4, 0.5) is 17.1 Å². The molecule has 0 radical (unpaired) electrons. The predicted octanol–water partition coefficient (Wildman–Crippen LogP) is 4.92. The number of amides is 2. The van der Waals surface area contributed by atoms with Crippen LogP contribution in [-0.4, -0.2) is 24.9 Å². The molecule has 1 atom stereocenters. The topological polar surface area (TPSA) is 52.7 Å². The summed E-state index contributed by atoms with van der Waals surface area (Å²) in [6.07, 6.45) is 1.54. The molecule has 0 bridgehead atoms. The first-order chi connectivity index (χ1) is 15.5. The third-order valence-electron chi connectivity index (χ3n) is 6.63. The summed E-state index contributed by atoms with van der Waals surface area (Å²) < 4.78 is 0. The largest absolute Gasteiger partial charge is 0.365 e. The average molecular weight is 446 g/mol. The van der Waals surface area contributed by atoms with Crippen molar-refractivity contribution in [2.75, 3.05) is 28.2 Å². The molecule has 5 nitrogen and oxygen atoms in total. The zero-order valence-electron chi connectivity index (χ0n) is 18.4. The van der Waals surface area contributed by atoms with Gasteiger partial charge in [-0.15, -0.1) is 11.3 Å². The van der Waals surface area contributed by atoms with E-state index < -0.39 is 5.92 Å². The summed E-state index contributed by atoms with van der Waals surface area (Å²) in [6.45, 7) is 6.42. The molecule has 0 aliphatic carbocycles. The van der Waals surface area contributed by atoms with Gasteiger partial charge in [0, 0.05) is 30.2 Å². The number of thiophene rings is 1. The van der Waals surface area contributed by atoms with Crippen molar-refractivity contribution in [3.63, 3.8) is 0 Å². The number of hydrogen-bond donors (Lipinski definition) is 1. The number of rotatable bonds is 4. The summed E-state index contributed by atoms with van der Waals surface area (Å²) in [5, 5.41) is 5.21. The normalized spacial score (nSPS) is 18.1. The molecule has 5 rings (SSSR count). The second kappa shape index (κ2) is 8.43. The predicted molar refractivity (Wildman–Crippen MR) is 131 cm³/mol. The SMILES string of the molecule is Cc1ccc(N2CCC(C(=O)Nc3ccccc3N3CCc4sccc4C3)C2=O)cc1C. The lowest BCUT2D eigenvalue weighted by molar-refractivity contribution is -0.129. The molecule has 2 amide bonds. The van der Waals surface area contributed by atoms with Crippen molar-refractivity contribution >= 4 is 40.2 Å². The first kappa shape index (κ1) is 20.8. The molecule has 3 heterocycles. The Hall–Kier alpha value is -3.12. The number of carbonyl (C=O) groups is 2. The molecule has 164 valence electrons. The molecule has 2 aromatic carbocycles. The van der Waals surface area contributed by atoms with Gasteiger partial charge < -0.3 is 15.1 Å². The van der Waals surface area contributed by atoms with E-state index in [9.17, 15) is 9.59 Å². The van der Waals surface area contributed by atoms with Crippen LogP contribution in [0.2, 0.25) is 0 Å². The lowest BCUT2D eigenvalue weighted by Gasteiger charge is -2.31. The van der Waals surface area contributed by atoms with Gasteiger partial charge in [0.05, 0.1) is 11.4 Å². The fourth-order valence-corrected chi connectivity index (χ4v) is 5.49. The highest BCUT2D eigenvalue weighted by atomic mass is 32.1. The molecule has 6 heteroatoms. The van der Waals surface area contributed by atoms with E-state index in [2.05, 4.69) is 28.6 Å². The zero-order valence-corrected chi connectivity index (χ0v) is 19.2. The van der Waals surface area contributed by atoms with Crippen molar-refractivity contribution < 1.29 is 9.59 Å². The molecule has 1 saturated heterocycles. The smallest absolute Gasteiger partial charge is 0.239 e. The summed E-state index contributed by atoms with van der Waals surface area (Å²) in [4.78, 5) is 31.7. The van der Waals surface area contributed by atoms with Gasteiger partial charge in [-0.25, -0.2) is 0 Å². The van der Waals surface area contributed by atoms with Crippen LogP contribution in [0.3, 0.4) is 0 Å². The number of para-hydroxylation sites is 2. The summed E-state index contributed by atoms with van der Waals surface area (Å²) in [5.41, 5.74) is 6.35. The van der Waals surface area contributed by atoms with E-state index in [1.54, 1.807) is 4.90 Å². The van der Waals surface area contributed by atoms with E-state index in [0.717, 1.165) is 42.1 Å². The van der Waals surface area contributed by atoms with Crippen LogP contribution in [0.5, 0.6) is 0 Å². The Morgan fingerprint density at radius 2 is 1.91 bits per heavy atom. The van der Waals surface area contributed by atoms with E-state index in [0.29, 0.717) is 13.0 Å². The highest BCUT2D eigenvalue weighted by Crippen LogP contribution is 2.33. The zero-order chi connectivity index (χ0) is 22.2. The molecule has 32 heavy (non-hydrogen) atoms. The standard InChI is InChI=1S/C26H27N3O2S/c1-17-7-8-20(15-18(17)2)29-13-9-21(26(29)31)25(30)27-22-5-3-4-6-23(22)28-12-10-24-19(16-28)11-14-32-24/h3-8,11,14-15,21H,9-10,12-13,16H2,1-2H3,(H,27,30). The van der Waals surface area contributed by atoms with E-state index in [-0.39, 0.29) is 11.8 Å². The average Bonchev–Trinajstić information content (AvgIpc) is 3.42. The van der Waals surface area contributed by atoms with E-state index in [1.165, 1.54) is 16.0 Å². The Bertz CT molecular complexity index is 1190. The number of carbonyl (C=O) groups excluding carboxylic acids is 2. The van der Waals surface area contributed by atoms with Crippen LogP contribution in [0.15, 0.2) is 53.9 Å². The van der Waals surface area contributed by atoms with Crippen LogP contribution in [0.25, 0.3) is 0 Å². The number of nitrogens with zero attached hydrogens (tertiary/aromatic N) is 2. The van der Waals surface area contributed by atoms with Crippen molar-refractivity contribution in [2.45, 2.75) is 33.2 Å². The minimum Gasteiger partial charge on any atom is -0.365 e. The van der Waals surface area contributed by atoms with E-state index >= 15 is 0 Å². The van der Waals surface area contributed by atoms with Gasteiger partial charge in [0.1, 0.15) is 5.92 Å². The maximum atomic E-state index is 13.1. The van der Waals surface area contributed by atoms with Crippen molar-refractivity contribution in [1.29, 1.82) is 0 Å². The molecule has 0 spiro atoms. The molecule has 1 N–H and O–H groups in total. The molecule has 1 unspecified atom stereocenters. The fraction of sp³-hybridized carbons (Fsp3) is 0.308. The minimum atomic E-state index is -0.658. The highest BCUT2D eigenvalue weighted by molar-refractivity contribution is 7.10. The van der Waals surface area contributed by atoms with Gasteiger partial charge in [-0.05, 0) is 79.1 Å². The molecule has 2 aliphatic heterocycles. The van der Waals surface area contributed by atoms with Crippen molar-refractivity contribution in [3.05, 3.63) is 75.5 Å². The van der Waals surface area contributed by atoms with Crippen molar-refractivity contribution in [2.24, 2.45) is 5.92 Å². The Morgan fingerprint density at radius 1 is 1.06 bits per heavy atom. The minimum absolute atomic E-state index is 0.121. The summed E-state index contributed by atoms with van der Waals surface area (Å²) in [5.74, 6) is -0.999. The Morgan fingerprint density at radius 3 is 2.75 bits per heavy atom. The number of hydrogen-bond acceptors (Lipinski definition) is 4. The summed E-state index contributed by atoms with van der Waals surface area (Å²) in [6, 6.07) is 16.1. The van der Waals surface area contributed by atoms with Gasteiger partial charge in [0.25, 0.3) is 0 Å². The molecule has 2 aliphatic rings. The molecular weight excluding hydrogens is 418 g/mol. The van der Waals surface area contributed by atoms with Gasteiger partial charge >= 0.3 is 0 Å². The lowest BCUT2D eigenvalue weighted by atomic mass is 10.1. The van der Waals surface area contributed by atoms with Crippen LogP contribution >= 0.6 is 11.3 Å². The molecule has 0 saturated carbocycles. The highest BCUT2D eigenvalue weighted by Gasteiger charge is 2.38. The van der Waals surface area contributed by atoms with E-state index in [1.807, 2.05) is 60.7 Å². The maximum Gasteiger partial charge on any atom is 0.239 e. The van der Waals surface area contributed by atoms with Crippen LogP contribution < -0.4 is 15.1 Å². The Kier molecular flexibility index (Phi) is 5.47. The quantitative estimate of drug-likeness (QED) is 0.580. The molecule has 1 fully saturated rings. The van der Waals surface area contributed by atoms with Crippen LogP contribution in [0, 0.1) is 19.8 Å². The number of aryl methyl sites for hydroxylation is 2. The molecule has 1 aromatic heterocycles. The van der Waals surface area contributed by atoms with Gasteiger partial charge in [-0.3, -0.25) is 9.59 Å². The molecular formula is C26H27N3O2S. The maximum absolute atomic E-state index is 13.1. The van der Waals surface area contributed by atoms with Crippen molar-refractivity contribution in [3.8, 4) is 0 Å². The Balaban J connectivity index is 1.32. The van der Waals surface area contributed by atoms with E-state index in [4.69, 9.17) is 0 Å². The van der Waals surface area contributed by atoms with Crippen molar-refractivity contribution in [1.82, 2.24) is 0 Å². The lowest BCUT2D eigenvalue weighted by Crippen LogP contribution is -2.34. The third-order valence-corrected chi connectivity index (χ3v) is 7.66. The number of anilines is 3. The first-order valence-corrected chi connectivity index (χ1v) is 12.0. The number of fused-ring (bicyclic) bond motifs is 1. The molecule has 3 aromatic rings. The van der Waals surface area contributed by atoms with Crippen LogP contribution in [0.1, 0.15) is 28.0 Å². The first-order valence-electron chi connectivity index (χ1n) is 11.1. The van der Waals surface area contributed by atoms with Gasteiger partial charge in [0.2, 0.25) is 11.8 Å². The number of benzene rings is 2. The second-order valence-corrected chi connectivity index (χ2v) is 9.65. The monoisotopic (exact) mass is 445 g/mol. The van der Waals surface area contributed by atoms with Gasteiger partial charge in [-0.2, -0.15) is 0 Å². The Labute approximate surface area is 192 Å².